The summed E-state index contributed by atoms with van der Waals surface area (Å²) in [6, 6.07) is 0. The smallest absolute Gasteiger partial charge is 0.312 e. The van der Waals surface area contributed by atoms with Gasteiger partial charge in [-0.15, -0.1) is 0 Å². The molecule has 0 amide bonds. The van der Waals surface area contributed by atoms with Crippen molar-refractivity contribution in [1.29, 1.82) is 0 Å². The van der Waals surface area contributed by atoms with Gasteiger partial charge in [0, 0.05) is 15.6 Å². The molecular formula is C31H46Br2O3. The summed E-state index contributed by atoms with van der Waals surface area (Å²) in [6.45, 7) is 16.7. The van der Waals surface area contributed by atoms with E-state index in [9.17, 15) is 9.59 Å². The lowest BCUT2D eigenvalue weighted by Crippen LogP contribution is -2.69. The van der Waals surface area contributed by atoms with Crippen molar-refractivity contribution in [3.8, 4) is 0 Å². The standard InChI is InChI=1S/C31H46Br2O3/c1-17-9-11-27(3)13-14-29(5)19(23(27)18(17)2)15-21(34)24-28(4)16-20(32)25(33)31(7,26(35)36-8)22(28)10-12-30(24,29)6/h15,17-18,20,22-25H,9-14,16H2,1-8H3/t17-,18+,20+,22-,23+,24-,25-,27-,28+,29-,30-,31-/m1/s1. The van der Waals surface area contributed by atoms with E-state index in [1.54, 1.807) is 0 Å². The number of carbonyl (C=O) groups is 2. The number of alkyl halides is 2. The van der Waals surface area contributed by atoms with E-state index in [1.807, 2.05) is 0 Å². The van der Waals surface area contributed by atoms with Crippen molar-refractivity contribution in [2.24, 2.45) is 56.7 Å². The molecule has 4 saturated carbocycles. The maximum Gasteiger partial charge on any atom is 0.312 e. The molecular weight excluding hydrogens is 580 g/mol. The molecule has 5 rings (SSSR count). The van der Waals surface area contributed by atoms with Gasteiger partial charge in [-0.1, -0.05) is 79.0 Å². The number of hydrogen-bond acceptors (Lipinski definition) is 3. The molecule has 0 N–H and O–H groups in total. The van der Waals surface area contributed by atoms with E-state index in [0.29, 0.717) is 29.0 Å². The molecule has 0 heterocycles. The lowest BCUT2D eigenvalue weighted by atomic mass is 9.33. The average molecular weight is 627 g/mol. The topological polar surface area (TPSA) is 43.4 Å². The van der Waals surface area contributed by atoms with Gasteiger partial charge in [0.25, 0.3) is 0 Å². The largest absolute Gasteiger partial charge is 0.469 e. The first-order chi connectivity index (χ1) is 16.6. The third-order valence-electron chi connectivity index (χ3n) is 13.3. The monoisotopic (exact) mass is 624 g/mol. The second-order valence-electron chi connectivity index (χ2n) is 14.7. The fourth-order valence-electron chi connectivity index (χ4n) is 10.9. The number of hydrogen-bond donors (Lipinski definition) is 0. The fourth-order valence-corrected chi connectivity index (χ4v) is 12.8. The summed E-state index contributed by atoms with van der Waals surface area (Å²) in [7, 11) is 1.50. The highest BCUT2D eigenvalue weighted by Crippen LogP contribution is 2.75. The third-order valence-corrected chi connectivity index (χ3v) is 16.4. The molecule has 5 aliphatic carbocycles. The van der Waals surface area contributed by atoms with E-state index in [4.69, 9.17) is 4.74 Å². The summed E-state index contributed by atoms with van der Waals surface area (Å²) in [5.74, 6) is 1.98. The van der Waals surface area contributed by atoms with Crippen molar-refractivity contribution in [3.63, 3.8) is 0 Å². The van der Waals surface area contributed by atoms with Crippen molar-refractivity contribution >= 4 is 43.6 Å². The van der Waals surface area contributed by atoms with Gasteiger partial charge in [-0.3, -0.25) is 9.59 Å². The highest BCUT2D eigenvalue weighted by Gasteiger charge is 2.72. The second kappa shape index (κ2) is 8.42. The number of methoxy groups -OCH3 is 1. The van der Waals surface area contributed by atoms with Crippen molar-refractivity contribution < 1.29 is 14.3 Å². The Morgan fingerprint density at radius 1 is 1.00 bits per heavy atom. The van der Waals surface area contributed by atoms with Gasteiger partial charge in [-0.05, 0) is 103 Å². The number of allylic oxidation sites excluding steroid dienone is 2. The van der Waals surface area contributed by atoms with Crippen LogP contribution in [0.25, 0.3) is 0 Å². The van der Waals surface area contributed by atoms with Crippen LogP contribution in [-0.4, -0.2) is 28.5 Å². The summed E-state index contributed by atoms with van der Waals surface area (Å²) in [6.07, 6.45) is 9.99. The van der Waals surface area contributed by atoms with Gasteiger partial charge in [-0.2, -0.15) is 0 Å². The molecule has 4 fully saturated rings. The Bertz CT molecular complexity index is 1010. The Labute approximate surface area is 235 Å². The Morgan fingerprint density at radius 3 is 2.31 bits per heavy atom. The Hall–Kier alpha value is -0.160. The molecule has 12 atom stereocenters. The van der Waals surface area contributed by atoms with Gasteiger partial charge in [0.05, 0.1) is 12.5 Å². The minimum absolute atomic E-state index is 0.0176. The SMILES string of the molecule is COC(=O)[C@@]1(C)[C@H](Br)[C@@H](Br)C[C@@]2(C)[C@H]1CC[C@]1(C)[C@@H]2C(=O)C=C2[C@@H]3[C@@H](C)[C@H](C)CC[C@]3(C)CC[C@]21C. The van der Waals surface area contributed by atoms with Crippen LogP contribution in [0.2, 0.25) is 0 Å². The van der Waals surface area contributed by atoms with Crippen LogP contribution < -0.4 is 0 Å². The lowest BCUT2D eigenvalue weighted by molar-refractivity contribution is -0.196. The van der Waals surface area contributed by atoms with Gasteiger partial charge in [0.1, 0.15) is 0 Å². The molecule has 0 unspecified atom stereocenters. The van der Waals surface area contributed by atoms with Crippen LogP contribution in [0.1, 0.15) is 93.4 Å². The van der Waals surface area contributed by atoms with Crippen LogP contribution in [0.3, 0.4) is 0 Å². The normalized spacial score (nSPS) is 56.4. The second-order valence-corrected chi connectivity index (χ2v) is 16.8. The minimum atomic E-state index is -0.680. The first-order valence-electron chi connectivity index (χ1n) is 14.2. The van der Waals surface area contributed by atoms with Crippen molar-refractivity contribution in [3.05, 3.63) is 11.6 Å². The van der Waals surface area contributed by atoms with Gasteiger partial charge in [0.2, 0.25) is 0 Å². The zero-order chi connectivity index (χ0) is 26.6. The van der Waals surface area contributed by atoms with Crippen LogP contribution in [-0.2, 0) is 14.3 Å². The number of halogens is 2. The molecule has 5 aliphatic rings. The van der Waals surface area contributed by atoms with Crippen molar-refractivity contribution in [1.82, 2.24) is 0 Å². The van der Waals surface area contributed by atoms with Crippen LogP contribution >= 0.6 is 31.9 Å². The molecule has 36 heavy (non-hydrogen) atoms. The number of rotatable bonds is 1. The lowest BCUT2D eigenvalue weighted by Gasteiger charge is -2.71. The summed E-state index contributed by atoms with van der Waals surface area (Å²) in [4.78, 5) is 27.9. The maximum atomic E-state index is 14.5. The van der Waals surface area contributed by atoms with Crippen LogP contribution in [0.5, 0.6) is 0 Å². The fraction of sp³-hybridized carbons (Fsp3) is 0.871. The van der Waals surface area contributed by atoms with Crippen LogP contribution in [0, 0.1) is 56.7 Å². The number of esters is 1. The Balaban J connectivity index is 1.66. The van der Waals surface area contributed by atoms with E-state index in [2.05, 4.69) is 86.4 Å². The summed E-state index contributed by atoms with van der Waals surface area (Å²) in [5.41, 5.74) is 0.735. The van der Waals surface area contributed by atoms with E-state index < -0.39 is 5.41 Å². The first kappa shape index (κ1) is 27.4. The highest BCUT2D eigenvalue weighted by molar-refractivity contribution is 9.12. The molecule has 0 bridgehead atoms. The van der Waals surface area contributed by atoms with Crippen LogP contribution in [0.15, 0.2) is 11.6 Å². The molecule has 0 radical (unpaired) electrons. The zero-order valence-corrected chi connectivity index (χ0v) is 26.7. The number of carbonyl (C=O) groups excluding carboxylic acids is 2. The van der Waals surface area contributed by atoms with Gasteiger partial charge in [-0.25, -0.2) is 0 Å². The number of fused-ring (bicyclic) bond motifs is 7. The molecule has 0 spiro atoms. The number of ether oxygens (including phenoxy) is 1. The molecule has 0 aromatic rings. The Morgan fingerprint density at radius 2 is 1.67 bits per heavy atom. The maximum absolute atomic E-state index is 14.5. The van der Waals surface area contributed by atoms with Crippen molar-refractivity contribution in [2.75, 3.05) is 7.11 Å². The summed E-state index contributed by atoms with van der Waals surface area (Å²) < 4.78 is 5.40. The molecule has 0 saturated heterocycles. The predicted molar refractivity (Wildman–Crippen MR) is 152 cm³/mol. The van der Waals surface area contributed by atoms with Crippen LogP contribution in [0.4, 0.5) is 0 Å². The van der Waals surface area contributed by atoms with Crippen molar-refractivity contribution in [2.45, 2.75) is 103 Å². The summed E-state index contributed by atoms with van der Waals surface area (Å²) >= 11 is 7.84. The molecule has 0 aromatic heterocycles. The summed E-state index contributed by atoms with van der Waals surface area (Å²) in [5, 5.41) is 0. The van der Waals surface area contributed by atoms with E-state index in [0.717, 1.165) is 19.3 Å². The zero-order valence-electron chi connectivity index (χ0n) is 23.5. The first-order valence-corrected chi connectivity index (χ1v) is 16.1. The molecule has 0 aliphatic heterocycles. The minimum Gasteiger partial charge on any atom is -0.469 e. The molecule has 5 heteroatoms. The Kier molecular flexibility index (Phi) is 6.41. The van der Waals surface area contributed by atoms with E-state index in [1.165, 1.54) is 38.4 Å². The predicted octanol–water partition coefficient (Wildman–Crippen LogP) is 8.13. The van der Waals surface area contributed by atoms with E-state index in [-0.39, 0.29) is 43.7 Å². The molecule has 202 valence electrons. The molecule has 0 aromatic carbocycles. The highest BCUT2D eigenvalue weighted by atomic mass is 79.9. The van der Waals surface area contributed by atoms with E-state index >= 15 is 0 Å². The average Bonchev–Trinajstić information content (AvgIpc) is 2.81. The quantitative estimate of drug-likeness (QED) is 0.218. The van der Waals surface area contributed by atoms with Gasteiger partial charge in [0.15, 0.2) is 5.78 Å². The number of ketones is 1. The van der Waals surface area contributed by atoms with Gasteiger partial charge < -0.3 is 4.74 Å². The third kappa shape index (κ3) is 3.20. The van der Waals surface area contributed by atoms with Gasteiger partial charge >= 0.3 is 5.97 Å². The molecule has 3 nitrogen and oxygen atoms in total.